The molecule has 0 aromatic carbocycles. The van der Waals surface area contributed by atoms with Crippen molar-refractivity contribution < 1.29 is 81.2 Å². The zero-order valence-corrected chi connectivity index (χ0v) is 41.9. The highest BCUT2D eigenvalue weighted by molar-refractivity contribution is 7.99. The molecule has 16 atom stereocenters. The lowest BCUT2D eigenvalue weighted by molar-refractivity contribution is -0.344. The number of methoxy groups -OCH3 is 1. The second-order valence-electron chi connectivity index (χ2n) is 17.4. The van der Waals surface area contributed by atoms with Gasteiger partial charge in [-0.3, -0.25) is 24.0 Å². The number of aliphatic hydroxyl groups excluding tert-OH is 1. The van der Waals surface area contributed by atoms with Gasteiger partial charge in [-0.05, 0) is 72.4 Å². The minimum atomic E-state index is -1.45. The van der Waals surface area contributed by atoms with Gasteiger partial charge in [-0.15, -0.1) is 0 Å². The monoisotopic (exact) mass is 958 g/mol. The third kappa shape index (κ3) is 17.9. The van der Waals surface area contributed by atoms with Crippen molar-refractivity contribution in [3.63, 3.8) is 0 Å². The fourth-order valence-corrected chi connectivity index (χ4v) is 8.57. The topological polar surface area (TPSA) is 218 Å². The van der Waals surface area contributed by atoms with Crippen molar-refractivity contribution in [2.75, 3.05) is 27.5 Å². The van der Waals surface area contributed by atoms with Gasteiger partial charge in [-0.2, -0.15) is 11.8 Å². The van der Waals surface area contributed by atoms with Crippen molar-refractivity contribution in [1.82, 2.24) is 4.90 Å². The summed E-state index contributed by atoms with van der Waals surface area (Å²) >= 11 is 1.50. The summed E-state index contributed by atoms with van der Waals surface area (Å²) in [6.45, 7) is 14.4. The van der Waals surface area contributed by atoms with Gasteiger partial charge in [-0.1, -0.05) is 39.0 Å². The normalized spacial score (nSPS) is 36.6. The van der Waals surface area contributed by atoms with Crippen LogP contribution in [0, 0.1) is 18.1 Å². The van der Waals surface area contributed by atoms with E-state index >= 15 is 0 Å². The van der Waals surface area contributed by atoms with E-state index in [-0.39, 0.29) is 32.1 Å². The number of hydrogen-bond acceptors (Lipinski definition) is 19. The number of carbonyl (C=O) groups is 6. The SMILES string of the molecule is CCC(=O)O[C@@H]1CC(=O)O[C@H](C)C/C=C/C=C/[C@H](OC(C)=O)[C@H](C)C[C@H](CC=O)[C@H](O[C@@H]2O[C@H](C)[C@@H](O[C@H]3C[C@@](C)(OC(C)=O)[C@@H](OC(=O)CC)[C@H](C)O3)[C@H](N(C)C)[C@H]2O)[C@H]1OC.[CH2]SC. The molecule has 18 nitrogen and oxygen atoms in total. The van der Waals surface area contributed by atoms with E-state index in [1.54, 1.807) is 84.8 Å². The smallest absolute Gasteiger partial charge is 0.309 e. The van der Waals surface area contributed by atoms with Gasteiger partial charge >= 0.3 is 29.8 Å². The van der Waals surface area contributed by atoms with Crippen LogP contribution in [0.1, 0.15) is 107 Å². The van der Waals surface area contributed by atoms with Gasteiger partial charge in [0.15, 0.2) is 24.3 Å². The van der Waals surface area contributed by atoms with Gasteiger partial charge in [0.1, 0.15) is 42.9 Å². The molecule has 0 saturated carbocycles. The second-order valence-corrected chi connectivity index (χ2v) is 18.0. The van der Waals surface area contributed by atoms with Crippen molar-refractivity contribution in [2.24, 2.45) is 11.8 Å². The predicted octanol–water partition coefficient (Wildman–Crippen LogP) is 5.05. The molecule has 0 aromatic rings. The molecule has 19 heteroatoms. The number of hydrogen-bond donors (Lipinski definition) is 1. The number of rotatable bonds is 14. The Morgan fingerprint density at radius 2 is 1.58 bits per heavy atom. The average molecular weight is 959 g/mol. The number of cyclic esters (lactones) is 1. The van der Waals surface area contributed by atoms with Crippen LogP contribution in [0.4, 0.5) is 0 Å². The molecule has 0 unspecified atom stereocenters. The highest BCUT2D eigenvalue weighted by atomic mass is 32.2. The third-order valence-corrected chi connectivity index (χ3v) is 11.5. The van der Waals surface area contributed by atoms with E-state index in [9.17, 15) is 33.9 Å². The summed E-state index contributed by atoms with van der Waals surface area (Å²) in [6, 6.07) is -0.833. The molecule has 0 bridgehead atoms. The molecule has 3 aliphatic heterocycles. The molecule has 0 aromatic heterocycles. The maximum atomic E-state index is 13.4. The lowest BCUT2D eigenvalue weighted by atomic mass is 9.82. The largest absolute Gasteiger partial charge is 0.462 e. The average Bonchev–Trinajstić information content (AvgIpc) is 3.22. The van der Waals surface area contributed by atoms with E-state index in [2.05, 4.69) is 6.26 Å². The predicted molar refractivity (Wildman–Crippen MR) is 243 cm³/mol. The van der Waals surface area contributed by atoms with E-state index in [4.69, 9.17) is 47.4 Å². The van der Waals surface area contributed by atoms with Crippen LogP contribution in [0.15, 0.2) is 24.3 Å². The first-order valence-electron chi connectivity index (χ1n) is 22.6. The van der Waals surface area contributed by atoms with Gasteiger partial charge in [0.25, 0.3) is 0 Å². The number of nitrogens with zero attached hydrogens (tertiary/aromatic N) is 1. The second kappa shape index (κ2) is 28.8. The third-order valence-electron chi connectivity index (χ3n) is 11.5. The van der Waals surface area contributed by atoms with E-state index < -0.39 is 133 Å². The maximum absolute atomic E-state index is 13.4. The van der Waals surface area contributed by atoms with Crippen LogP contribution in [0.2, 0.25) is 0 Å². The van der Waals surface area contributed by atoms with Crippen molar-refractivity contribution in [3.05, 3.63) is 30.6 Å². The number of esters is 5. The summed E-state index contributed by atoms with van der Waals surface area (Å²) in [6.07, 6.45) is 0.858. The number of aldehydes is 1. The molecule has 3 aliphatic rings. The Morgan fingerprint density at radius 1 is 0.939 bits per heavy atom. The molecule has 1 N–H and O–H groups in total. The van der Waals surface area contributed by atoms with Crippen LogP contribution < -0.4 is 0 Å². The molecule has 66 heavy (non-hydrogen) atoms. The summed E-state index contributed by atoms with van der Waals surface area (Å²) in [5.41, 5.74) is -1.33. The molecule has 2 fully saturated rings. The molecule has 3 heterocycles. The molecule has 2 saturated heterocycles. The molecule has 3 rings (SSSR count). The van der Waals surface area contributed by atoms with Crippen molar-refractivity contribution in [2.45, 2.75) is 193 Å². The van der Waals surface area contributed by atoms with Crippen LogP contribution in [0.3, 0.4) is 0 Å². The highest BCUT2D eigenvalue weighted by Gasteiger charge is 2.54. The Bertz CT molecular complexity index is 1610. The first kappa shape index (κ1) is 58.7. The van der Waals surface area contributed by atoms with Crippen LogP contribution in [0.25, 0.3) is 0 Å². The number of aliphatic hydroxyl groups is 1. The number of ether oxygens (including phenoxy) is 10. The molecule has 0 spiro atoms. The van der Waals surface area contributed by atoms with Crippen LogP contribution in [-0.4, -0.2) is 159 Å². The van der Waals surface area contributed by atoms with Crippen molar-refractivity contribution >= 4 is 47.9 Å². The van der Waals surface area contributed by atoms with E-state index in [0.717, 1.165) is 0 Å². The Hall–Kier alpha value is -3.43. The molecular weight excluding hydrogens is 883 g/mol. The standard InChI is InChI=1S/C45H71NO17.C2H5S/c1-13-34(50)59-33-23-36(52)55-26(4)18-16-15-17-19-32(58-29(7)48)25(3)22-31(20-21-47)41(42(33)54-12)62-44-39(53)38(46(10)11)40(27(5)57-44)61-37-24-45(9,63-30(8)49)43(28(6)56-37)60-35(51)14-2;1-3-2/h15-17,19,21,25-28,31-33,37-44,53H,13-14,18,20,22-24H2,1-12H3;1H2,2H3/b16-15+,19-17+;/t25-,26-,27-,28+,31+,32+,33-,37+,38-,39-,40-,41+,42+,43+,44+,45-;/m1./s1. The zero-order chi connectivity index (χ0) is 49.9. The van der Waals surface area contributed by atoms with E-state index in [1.807, 2.05) is 13.2 Å². The van der Waals surface area contributed by atoms with Gasteiger partial charge < -0.3 is 62.2 Å². The number of likely N-dealkylation sites (N-methyl/N-ethyl adjacent to an activating group) is 1. The summed E-state index contributed by atoms with van der Waals surface area (Å²) in [5, 5.41) is 12.2. The Balaban J connectivity index is 0.00000485. The van der Waals surface area contributed by atoms with E-state index in [0.29, 0.717) is 12.7 Å². The first-order valence-corrected chi connectivity index (χ1v) is 24.0. The summed E-state index contributed by atoms with van der Waals surface area (Å²) in [4.78, 5) is 77.6. The quantitative estimate of drug-likeness (QED) is 0.137. The zero-order valence-electron chi connectivity index (χ0n) is 41.0. The summed E-state index contributed by atoms with van der Waals surface area (Å²) < 4.78 is 60.7. The Morgan fingerprint density at radius 3 is 2.14 bits per heavy atom. The van der Waals surface area contributed by atoms with Crippen LogP contribution >= 0.6 is 11.8 Å². The van der Waals surface area contributed by atoms with Gasteiger partial charge in [0, 0.05) is 59.3 Å². The maximum Gasteiger partial charge on any atom is 0.309 e. The Labute approximate surface area is 395 Å². The van der Waals surface area contributed by atoms with Gasteiger partial charge in [0.05, 0.1) is 30.8 Å². The minimum absolute atomic E-state index is 0.0260. The number of carbonyl (C=O) groups excluding carboxylic acids is 6. The minimum Gasteiger partial charge on any atom is -0.462 e. The summed E-state index contributed by atoms with van der Waals surface area (Å²) in [5.74, 6) is -4.06. The highest BCUT2D eigenvalue weighted by Crippen LogP contribution is 2.39. The first-order chi connectivity index (χ1) is 31.1. The fraction of sp³-hybridized carbons (Fsp3) is 0.766. The molecule has 1 radical (unpaired) electrons. The lowest BCUT2D eigenvalue weighted by Crippen LogP contribution is -2.66. The van der Waals surface area contributed by atoms with Crippen LogP contribution in [-0.2, 0) is 76.1 Å². The van der Waals surface area contributed by atoms with Gasteiger partial charge in [-0.25, -0.2) is 0 Å². The van der Waals surface area contributed by atoms with Crippen LogP contribution in [0.5, 0.6) is 0 Å². The fourth-order valence-electron chi connectivity index (χ4n) is 8.57. The van der Waals surface area contributed by atoms with E-state index in [1.165, 1.54) is 32.7 Å². The molecule has 0 amide bonds. The Kier molecular flexibility index (Phi) is 25.6. The number of allylic oxidation sites excluding steroid dienone is 2. The molecule has 0 aliphatic carbocycles. The summed E-state index contributed by atoms with van der Waals surface area (Å²) in [7, 11) is 4.82. The van der Waals surface area contributed by atoms with Gasteiger partial charge in [0.2, 0.25) is 0 Å². The molecular formula is C47H76NO17S. The lowest BCUT2D eigenvalue weighted by Gasteiger charge is -2.50. The van der Waals surface area contributed by atoms with Crippen molar-refractivity contribution in [3.8, 4) is 0 Å². The number of thioether (sulfide) groups is 1. The van der Waals surface area contributed by atoms with Crippen molar-refractivity contribution in [1.29, 1.82) is 0 Å². The molecule has 377 valence electrons.